The van der Waals surface area contributed by atoms with Gasteiger partial charge in [-0.3, -0.25) is 0 Å². The molecule has 1 unspecified atom stereocenters. The normalized spacial score (nSPS) is 12.3. The number of carboxylic acid groups (broad SMARTS) is 1. The Hall–Kier alpha value is -0.790. The molecule has 0 fully saturated rings. The van der Waals surface area contributed by atoms with Crippen LogP contribution >= 0.6 is 0 Å². The van der Waals surface area contributed by atoms with Gasteiger partial charge in [0.25, 0.3) is 0 Å². The van der Waals surface area contributed by atoms with Gasteiger partial charge in [-0.1, -0.05) is 91.1 Å². The van der Waals surface area contributed by atoms with Crippen molar-refractivity contribution in [1.82, 2.24) is 0 Å². The van der Waals surface area contributed by atoms with Gasteiger partial charge in [0.2, 0.25) is 0 Å². The summed E-state index contributed by atoms with van der Waals surface area (Å²) in [4.78, 5) is 10.7. The van der Waals surface area contributed by atoms with Crippen molar-refractivity contribution in [3.63, 3.8) is 0 Å². The highest BCUT2D eigenvalue weighted by molar-refractivity contribution is 5.85. The highest BCUT2D eigenvalue weighted by Gasteiger charge is 2.10. The standard InChI is InChI=1S/C19H36O2/c1-4-6-7-8-9-10-11-12-13-14-18(5-2)16-15-17(3)19(20)21/h18H,3-16H2,1-2H3,(H,20,21). The lowest BCUT2D eigenvalue weighted by Crippen LogP contribution is -2.04. The Morgan fingerprint density at radius 2 is 1.43 bits per heavy atom. The zero-order chi connectivity index (χ0) is 15.9. The molecule has 0 aromatic rings. The van der Waals surface area contributed by atoms with Gasteiger partial charge in [0, 0.05) is 5.57 Å². The maximum absolute atomic E-state index is 10.7. The molecule has 0 aliphatic carbocycles. The predicted octanol–water partition coefficient (Wildman–Crippen LogP) is 6.35. The van der Waals surface area contributed by atoms with Gasteiger partial charge < -0.3 is 5.11 Å². The largest absolute Gasteiger partial charge is 0.478 e. The molecule has 1 atom stereocenters. The summed E-state index contributed by atoms with van der Waals surface area (Å²) in [5.41, 5.74) is 0.362. The van der Waals surface area contributed by atoms with Gasteiger partial charge in [0.1, 0.15) is 0 Å². The third kappa shape index (κ3) is 12.6. The van der Waals surface area contributed by atoms with E-state index in [1.807, 2.05) is 0 Å². The smallest absolute Gasteiger partial charge is 0.330 e. The third-order valence-electron chi connectivity index (χ3n) is 4.45. The summed E-state index contributed by atoms with van der Waals surface area (Å²) < 4.78 is 0. The SMILES string of the molecule is C=C(CCC(CC)CCCCCCCCCCC)C(=O)O. The molecule has 0 radical (unpaired) electrons. The monoisotopic (exact) mass is 296 g/mol. The van der Waals surface area contributed by atoms with Crippen LogP contribution in [0.2, 0.25) is 0 Å². The molecule has 0 aliphatic rings. The number of hydrogen-bond donors (Lipinski definition) is 1. The molecule has 21 heavy (non-hydrogen) atoms. The average Bonchev–Trinajstić information content (AvgIpc) is 2.48. The molecular weight excluding hydrogens is 260 g/mol. The second kappa shape index (κ2) is 14.2. The van der Waals surface area contributed by atoms with E-state index in [1.54, 1.807) is 0 Å². The molecule has 2 nitrogen and oxygen atoms in total. The molecule has 0 bridgehead atoms. The van der Waals surface area contributed by atoms with E-state index in [0.29, 0.717) is 17.9 Å². The lowest BCUT2D eigenvalue weighted by Gasteiger charge is -2.14. The number of rotatable bonds is 15. The van der Waals surface area contributed by atoms with Crippen LogP contribution in [0.3, 0.4) is 0 Å². The first kappa shape index (κ1) is 20.2. The van der Waals surface area contributed by atoms with E-state index < -0.39 is 5.97 Å². The Balaban J connectivity index is 3.46. The van der Waals surface area contributed by atoms with E-state index in [-0.39, 0.29) is 0 Å². The van der Waals surface area contributed by atoms with Crippen LogP contribution in [0.5, 0.6) is 0 Å². The zero-order valence-corrected chi connectivity index (χ0v) is 14.3. The quantitative estimate of drug-likeness (QED) is 0.282. The Labute approximate surface area is 132 Å². The second-order valence-corrected chi connectivity index (χ2v) is 6.34. The molecule has 2 heteroatoms. The number of carboxylic acids is 1. The Kier molecular flexibility index (Phi) is 13.6. The summed E-state index contributed by atoms with van der Waals surface area (Å²) in [6.07, 6.45) is 16.3. The molecule has 1 N–H and O–H groups in total. The van der Waals surface area contributed by atoms with Crippen LogP contribution in [0, 0.1) is 5.92 Å². The lowest BCUT2D eigenvalue weighted by atomic mass is 9.92. The first-order chi connectivity index (χ1) is 10.1. The molecule has 0 saturated carbocycles. The summed E-state index contributed by atoms with van der Waals surface area (Å²) in [5.74, 6) is -0.168. The van der Waals surface area contributed by atoms with E-state index in [9.17, 15) is 4.79 Å². The van der Waals surface area contributed by atoms with Crippen molar-refractivity contribution in [1.29, 1.82) is 0 Å². The fraction of sp³-hybridized carbons (Fsp3) is 0.842. The molecule has 0 spiro atoms. The van der Waals surface area contributed by atoms with Gasteiger partial charge in [-0.25, -0.2) is 4.79 Å². The topological polar surface area (TPSA) is 37.3 Å². The van der Waals surface area contributed by atoms with Crippen LogP contribution in [0.15, 0.2) is 12.2 Å². The molecule has 0 aliphatic heterocycles. The number of carbonyl (C=O) groups is 1. The van der Waals surface area contributed by atoms with Crippen molar-refractivity contribution < 1.29 is 9.90 Å². The van der Waals surface area contributed by atoms with Crippen molar-refractivity contribution in [2.24, 2.45) is 5.92 Å². The minimum atomic E-state index is -0.840. The van der Waals surface area contributed by atoms with Crippen LogP contribution in [0.4, 0.5) is 0 Å². The van der Waals surface area contributed by atoms with Crippen molar-refractivity contribution >= 4 is 5.97 Å². The number of aliphatic carboxylic acids is 1. The summed E-state index contributed by atoms with van der Waals surface area (Å²) in [5, 5.41) is 8.82. The van der Waals surface area contributed by atoms with Gasteiger partial charge in [-0.05, 0) is 18.8 Å². The van der Waals surface area contributed by atoms with E-state index in [2.05, 4.69) is 20.4 Å². The number of hydrogen-bond acceptors (Lipinski definition) is 1. The molecule has 124 valence electrons. The fourth-order valence-electron chi connectivity index (χ4n) is 2.78. The Morgan fingerprint density at radius 1 is 0.905 bits per heavy atom. The fourth-order valence-corrected chi connectivity index (χ4v) is 2.78. The predicted molar refractivity (Wildman–Crippen MR) is 91.6 cm³/mol. The van der Waals surface area contributed by atoms with E-state index >= 15 is 0 Å². The van der Waals surface area contributed by atoms with Crippen molar-refractivity contribution in [2.75, 3.05) is 0 Å². The summed E-state index contributed by atoms with van der Waals surface area (Å²) in [6, 6.07) is 0. The van der Waals surface area contributed by atoms with E-state index in [1.165, 1.54) is 64.2 Å². The number of unbranched alkanes of at least 4 members (excludes halogenated alkanes) is 8. The van der Waals surface area contributed by atoms with Crippen molar-refractivity contribution in [3.05, 3.63) is 12.2 Å². The average molecular weight is 296 g/mol. The molecule has 0 rings (SSSR count). The Morgan fingerprint density at radius 3 is 1.90 bits per heavy atom. The van der Waals surface area contributed by atoms with Gasteiger partial charge in [0.05, 0.1) is 0 Å². The minimum absolute atomic E-state index is 0.362. The van der Waals surface area contributed by atoms with Crippen LogP contribution in [-0.2, 0) is 4.79 Å². The third-order valence-corrected chi connectivity index (χ3v) is 4.45. The molecule has 0 amide bonds. The Bertz CT molecular complexity index is 271. The van der Waals surface area contributed by atoms with Gasteiger partial charge in [-0.2, -0.15) is 0 Å². The minimum Gasteiger partial charge on any atom is -0.478 e. The highest BCUT2D eigenvalue weighted by Crippen LogP contribution is 2.21. The van der Waals surface area contributed by atoms with E-state index in [0.717, 1.165) is 12.8 Å². The van der Waals surface area contributed by atoms with Crippen LogP contribution in [-0.4, -0.2) is 11.1 Å². The summed E-state index contributed by atoms with van der Waals surface area (Å²) >= 11 is 0. The van der Waals surface area contributed by atoms with Gasteiger partial charge in [0.15, 0.2) is 0 Å². The van der Waals surface area contributed by atoms with Crippen LogP contribution < -0.4 is 0 Å². The van der Waals surface area contributed by atoms with Crippen LogP contribution in [0.25, 0.3) is 0 Å². The van der Waals surface area contributed by atoms with E-state index in [4.69, 9.17) is 5.11 Å². The van der Waals surface area contributed by atoms with Crippen LogP contribution in [0.1, 0.15) is 97.3 Å². The highest BCUT2D eigenvalue weighted by atomic mass is 16.4. The summed E-state index contributed by atoms with van der Waals surface area (Å²) in [6.45, 7) is 8.08. The molecule has 0 aromatic carbocycles. The maximum Gasteiger partial charge on any atom is 0.330 e. The lowest BCUT2D eigenvalue weighted by molar-refractivity contribution is -0.132. The summed E-state index contributed by atoms with van der Waals surface area (Å²) in [7, 11) is 0. The molecule has 0 heterocycles. The molecular formula is C19H36O2. The maximum atomic E-state index is 10.7. The molecule has 0 aromatic heterocycles. The van der Waals surface area contributed by atoms with Crippen molar-refractivity contribution in [3.8, 4) is 0 Å². The van der Waals surface area contributed by atoms with Crippen molar-refractivity contribution in [2.45, 2.75) is 97.3 Å². The molecule has 0 saturated heterocycles. The van der Waals surface area contributed by atoms with Gasteiger partial charge >= 0.3 is 5.97 Å². The first-order valence-electron chi connectivity index (χ1n) is 9.02. The second-order valence-electron chi connectivity index (χ2n) is 6.34. The zero-order valence-electron chi connectivity index (χ0n) is 14.3. The van der Waals surface area contributed by atoms with Gasteiger partial charge in [-0.15, -0.1) is 0 Å². The first-order valence-corrected chi connectivity index (χ1v) is 9.02.